The molecule has 130 valence electrons. The predicted octanol–water partition coefficient (Wildman–Crippen LogP) is 0.0916. The van der Waals surface area contributed by atoms with E-state index in [0.29, 0.717) is 12.0 Å². The first-order chi connectivity index (χ1) is 11.0. The van der Waals surface area contributed by atoms with Gasteiger partial charge < -0.3 is 9.80 Å². The molecule has 0 aromatic rings. The molecule has 6 heteroatoms. The van der Waals surface area contributed by atoms with Crippen molar-refractivity contribution in [2.75, 3.05) is 52.9 Å². The molecule has 0 aromatic heterocycles. The lowest BCUT2D eigenvalue weighted by atomic mass is 10.0. The van der Waals surface area contributed by atoms with E-state index in [2.05, 4.69) is 16.7 Å². The van der Waals surface area contributed by atoms with Crippen LogP contribution in [0.4, 0.5) is 0 Å². The molecule has 0 saturated carbocycles. The second-order valence-corrected chi connectivity index (χ2v) is 7.46. The van der Waals surface area contributed by atoms with E-state index < -0.39 is 0 Å². The molecule has 3 heterocycles. The third-order valence-electron chi connectivity index (χ3n) is 5.89. The summed E-state index contributed by atoms with van der Waals surface area (Å²) in [5.41, 5.74) is 0. The van der Waals surface area contributed by atoms with Crippen LogP contribution in [0.3, 0.4) is 0 Å². The molecule has 3 aliphatic heterocycles. The molecule has 3 rings (SSSR count). The fourth-order valence-corrected chi connectivity index (χ4v) is 4.44. The number of carbonyl (C=O) groups is 2. The Bertz CT molecular complexity index is 470. The standard InChI is InChI=1S/C17H30N4O2/c1-13-11-21(15-5-8-18(3)17(15)23)12-16(13)20-7-4-6-19(9-10-20)14(2)22/h13,15-16H,4-12H2,1-3H3/t13-,15-,16-/m1/s1. The maximum Gasteiger partial charge on any atom is 0.239 e. The van der Waals surface area contributed by atoms with Crippen LogP contribution in [-0.4, -0.2) is 96.4 Å². The monoisotopic (exact) mass is 322 g/mol. The Balaban J connectivity index is 1.60. The first-order valence-electron chi connectivity index (χ1n) is 8.96. The predicted molar refractivity (Wildman–Crippen MR) is 89.0 cm³/mol. The Morgan fingerprint density at radius 3 is 2.48 bits per heavy atom. The molecule has 6 nitrogen and oxygen atoms in total. The van der Waals surface area contributed by atoms with Gasteiger partial charge in [-0.05, 0) is 18.8 Å². The highest BCUT2D eigenvalue weighted by atomic mass is 16.2. The van der Waals surface area contributed by atoms with Gasteiger partial charge in [0.05, 0.1) is 6.04 Å². The van der Waals surface area contributed by atoms with Gasteiger partial charge in [-0.25, -0.2) is 0 Å². The highest BCUT2D eigenvalue weighted by Crippen LogP contribution is 2.28. The first kappa shape index (κ1) is 16.7. The van der Waals surface area contributed by atoms with Gasteiger partial charge in [0.1, 0.15) is 0 Å². The second kappa shape index (κ2) is 6.77. The Hall–Kier alpha value is -1.14. The van der Waals surface area contributed by atoms with Crippen LogP contribution in [0.15, 0.2) is 0 Å². The number of likely N-dealkylation sites (tertiary alicyclic amines) is 2. The molecule has 23 heavy (non-hydrogen) atoms. The van der Waals surface area contributed by atoms with E-state index in [0.717, 1.165) is 58.7 Å². The molecule has 0 aromatic carbocycles. The largest absolute Gasteiger partial charge is 0.344 e. The third-order valence-corrected chi connectivity index (χ3v) is 5.89. The SMILES string of the molecule is CC(=O)N1CCCN([C@@H]2CN([C@@H]3CCN(C)C3=O)C[C@H]2C)CC1. The summed E-state index contributed by atoms with van der Waals surface area (Å²) in [6, 6.07) is 0.605. The molecule has 3 atom stereocenters. The smallest absolute Gasteiger partial charge is 0.239 e. The summed E-state index contributed by atoms with van der Waals surface area (Å²) in [7, 11) is 1.91. The van der Waals surface area contributed by atoms with Gasteiger partial charge in [0.15, 0.2) is 0 Å². The quantitative estimate of drug-likeness (QED) is 0.723. The van der Waals surface area contributed by atoms with Crippen molar-refractivity contribution in [3.05, 3.63) is 0 Å². The molecule has 3 fully saturated rings. The summed E-state index contributed by atoms with van der Waals surface area (Å²) in [6.45, 7) is 10.6. The molecule has 0 spiro atoms. The Labute approximate surface area is 139 Å². The normalized spacial score (nSPS) is 34.2. The summed E-state index contributed by atoms with van der Waals surface area (Å²) in [4.78, 5) is 32.7. The lowest BCUT2D eigenvalue weighted by Crippen LogP contribution is -2.44. The average Bonchev–Trinajstić information content (AvgIpc) is 2.93. The zero-order valence-electron chi connectivity index (χ0n) is 14.7. The zero-order chi connectivity index (χ0) is 16.6. The van der Waals surface area contributed by atoms with Crippen molar-refractivity contribution in [3.8, 4) is 0 Å². The van der Waals surface area contributed by atoms with E-state index in [4.69, 9.17) is 0 Å². The van der Waals surface area contributed by atoms with Gasteiger partial charge in [-0.1, -0.05) is 6.92 Å². The van der Waals surface area contributed by atoms with Crippen molar-refractivity contribution in [3.63, 3.8) is 0 Å². The van der Waals surface area contributed by atoms with Gasteiger partial charge in [-0.2, -0.15) is 0 Å². The topological polar surface area (TPSA) is 47.1 Å². The van der Waals surface area contributed by atoms with Crippen LogP contribution in [0, 0.1) is 5.92 Å². The number of hydrogen-bond donors (Lipinski definition) is 0. The summed E-state index contributed by atoms with van der Waals surface area (Å²) in [6.07, 6.45) is 2.01. The first-order valence-corrected chi connectivity index (χ1v) is 8.96. The third kappa shape index (κ3) is 3.38. The van der Waals surface area contributed by atoms with Crippen LogP contribution in [-0.2, 0) is 9.59 Å². The number of hydrogen-bond acceptors (Lipinski definition) is 4. The van der Waals surface area contributed by atoms with E-state index in [1.807, 2.05) is 16.8 Å². The maximum absolute atomic E-state index is 12.3. The van der Waals surface area contributed by atoms with Gasteiger partial charge >= 0.3 is 0 Å². The summed E-state index contributed by atoms with van der Waals surface area (Å²) in [5.74, 6) is 1.06. The average molecular weight is 322 g/mol. The summed E-state index contributed by atoms with van der Waals surface area (Å²) in [5, 5.41) is 0. The highest BCUT2D eigenvalue weighted by molar-refractivity contribution is 5.83. The van der Waals surface area contributed by atoms with Crippen molar-refractivity contribution in [1.82, 2.24) is 19.6 Å². The fourth-order valence-electron chi connectivity index (χ4n) is 4.44. The van der Waals surface area contributed by atoms with E-state index >= 15 is 0 Å². The number of rotatable bonds is 2. The van der Waals surface area contributed by atoms with E-state index in [1.165, 1.54) is 0 Å². The van der Waals surface area contributed by atoms with Gasteiger partial charge in [0.2, 0.25) is 11.8 Å². The van der Waals surface area contributed by atoms with Gasteiger partial charge in [0, 0.05) is 65.8 Å². The maximum atomic E-state index is 12.3. The van der Waals surface area contributed by atoms with E-state index in [-0.39, 0.29) is 17.9 Å². The van der Waals surface area contributed by atoms with Crippen molar-refractivity contribution in [2.45, 2.75) is 38.8 Å². The van der Waals surface area contributed by atoms with Crippen LogP contribution >= 0.6 is 0 Å². The number of amides is 2. The molecule has 0 N–H and O–H groups in total. The molecule has 0 radical (unpaired) electrons. The molecular formula is C17H30N4O2. The van der Waals surface area contributed by atoms with Gasteiger partial charge in [-0.15, -0.1) is 0 Å². The minimum absolute atomic E-state index is 0.0909. The summed E-state index contributed by atoms with van der Waals surface area (Å²) < 4.78 is 0. The Morgan fingerprint density at radius 2 is 1.83 bits per heavy atom. The molecule has 2 amide bonds. The minimum atomic E-state index is 0.0909. The number of nitrogens with zero attached hydrogens (tertiary/aromatic N) is 4. The Kier molecular flexibility index (Phi) is 4.92. The van der Waals surface area contributed by atoms with E-state index in [9.17, 15) is 9.59 Å². The van der Waals surface area contributed by atoms with Crippen LogP contribution < -0.4 is 0 Å². The van der Waals surface area contributed by atoms with Crippen LogP contribution in [0.2, 0.25) is 0 Å². The number of likely N-dealkylation sites (N-methyl/N-ethyl adjacent to an activating group) is 1. The molecular weight excluding hydrogens is 292 g/mol. The van der Waals surface area contributed by atoms with Gasteiger partial charge in [0.25, 0.3) is 0 Å². The molecule has 0 aliphatic carbocycles. The van der Waals surface area contributed by atoms with Crippen molar-refractivity contribution >= 4 is 11.8 Å². The highest BCUT2D eigenvalue weighted by Gasteiger charge is 2.42. The van der Waals surface area contributed by atoms with Crippen molar-refractivity contribution in [2.24, 2.45) is 5.92 Å². The Morgan fingerprint density at radius 1 is 1.04 bits per heavy atom. The molecule has 3 saturated heterocycles. The zero-order valence-corrected chi connectivity index (χ0v) is 14.7. The van der Waals surface area contributed by atoms with Crippen molar-refractivity contribution in [1.29, 1.82) is 0 Å². The van der Waals surface area contributed by atoms with Gasteiger partial charge in [-0.3, -0.25) is 19.4 Å². The van der Waals surface area contributed by atoms with Crippen LogP contribution in [0.25, 0.3) is 0 Å². The van der Waals surface area contributed by atoms with Crippen LogP contribution in [0.5, 0.6) is 0 Å². The second-order valence-electron chi connectivity index (χ2n) is 7.46. The lowest BCUT2D eigenvalue weighted by molar-refractivity contribution is -0.131. The number of carbonyl (C=O) groups excluding carboxylic acids is 2. The van der Waals surface area contributed by atoms with E-state index in [1.54, 1.807) is 6.92 Å². The van der Waals surface area contributed by atoms with Crippen molar-refractivity contribution < 1.29 is 9.59 Å². The summed E-state index contributed by atoms with van der Waals surface area (Å²) >= 11 is 0. The lowest BCUT2D eigenvalue weighted by Gasteiger charge is -2.30. The minimum Gasteiger partial charge on any atom is -0.344 e. The fraction of sp³-hybridized carbons (Fsp3) is 0.882. The van der Waals surface area contributed by atoms with Crippen LogP contribution in [0.1, 0.15) is 26.7 Å². The molecule has 3 aliphatic rings. The molecule has 0 bridgehead atoms. The molecule has 0 unspecified atom stereocenters.